The Bertz CT molecular complexity index is 701. The molecule has 0 unspecified atom stereocenters. The van der Waals surface area contributed by atoms with E-state index in [1.807, 2.05) is 43.3 Å². The van der Waals surface area contributed by atoms with Crippen molar-refractivity contribution in [1.29, 1.82) is 0 Å². The molecule has 0 aliphatic heterocycles. The van der Waals surface area contributed by atoms with Crippen LogP contribution in [0.4, 0.5) is 5.69 Å². The molecule has 0 heterocycles. The van der Waals surface area contributed by atoms with Crippen LogP contribution < -0.4 is 21.3 Å². The van der Waals surface area contributed by atoms with Crippen LogP contribution in [0.3, 0.4) is 0 Å². The smallest absolute Gasteiger partial charge is 0.242 e. The summed E-state index contributed by atoms with van der Waals surface area (Å²) in [5, 5.41) is 12.1. The number of anilines is 1. The molecule has 7 heteroatoms. The van der Waals surface area contributed by atoms with Crippen molar-refractivity contribution >= 4 is 34.8 Å². The minimum Gasteiger partial charge on any atom is -0.361 e. The molecule has 138 valence electrons. The number of nitrogens with one attached hydrogen (secondary N) is 4. The predicted octanol–water partition coefficient (Wildman–Crippen LogP) is 1.64. The maximum absolute atomic E-state index is 12.0. The van der Waals surface area contributed by atoms with Crippen molar-refractivity contribution in [3.05, 3.63) is 54.1 Å². The maximum Gasteiger partial charge on any atom is 0.242 e. The summed E-state index contributed by atoms with van der Waals surface area (Å²) >= 11 is 5.21. The van der Waals surface area contributed by atoms with Crippen molar-refractivity contribution in [3.8, 4) is 0 Å². The third-order valence-electron chi connectivity index (χ3n) is 3.82. The number of allylic oxidation sites excluding steroid dienone is 2. The number of carbonyl (C=O) groups is 2. The van der Waals surface area contributed by atoms with Gasteiger partial charge in [-0.1, -0.05) is 42.0 Å². The number of benzene rings is 1. The topological polar surface area (TPSA) is 82.3 Å². The highest BCUT2D eigenvalue weighted by Gasteiger charge is 2.19. The quantitative estimate of drug-likeness (QED) is 0.432. The van der Waals surface area contributed by atoms with Crippen LogP contribution in [0.5, 0.6) is 0 Å². The molecule has 1 aliphatic rings. The lowest BCUT2D eigenvalue weighted by Crippen LogP contribution is -2.47. The van der Waals surface area contributed by atoms with Crippen molar-refractivity contribution < 1.29 is 9.59 Å². The van der Waals surface area contributed by atoms with Crippen molar-refractivity contribution in [2.75, 3.05) is 18.4 Å². The van der Waals surface area contributed by atoms with E-state index in [1.165, 1.54) is 5.56 Å². The Balaban J connectivity index is 1.62. The summed E-state index contributed by atoms with van der Waals surface area (Å²) < 4.78 is 0. The van der Waals surface area contributed by atoms with Gasteiger partial charge >= 0.3 is 0 Å². The zero-order valence-corrected chi connectivity index (χ0v) is 15.7. The molecule has 0 saturated carbocycles. The molecule has 6 nitrogen and oxygen atoms in total. The lowest BCUT2D eigenvalue weighted by molar-refractivity contribution is -0.129. The van der Waals surface area contributed by atoms with E-state index in [1.54, 1.807) is 19.1 Å². The first kappa shape index (κ1) is 19.7. The number of amides is 2. The van der Waals surface area contributed by atoms with E-state index in [0.717, 1.165) is 5.69 Å². The summed E-state index contributed by atoms with van der Waals surface area (Å²) in [5.41, 5.74) is 2.09. The first-order valence-electron chi connectivity index (χ1n) is 8.50. The SMILES string of the molecule is Cc1ccc(NC(=S)NCCNC(=O)[C@H](C)NC(=O)C2C=CC=C2)cc1. The number of carbonyl (C=O) groups excluding carboxylic acids is 2. The monoisotopic (exact) mass is 372 g/mol. The molecule has 0 radical (unpaired) electrons. The van der Waals surface area contributed by atoms with Crippen LogP contribution in [-0.4, -0.2) is 36.1 Å². The second kappa shape index (κ2) is 9.72. The average molecular weight is 372 g/mol. The van der Waals surface area contributed by atoms with Crippen LogP contribution in [0, 0.1) is 12.8 Å². The summed E-state index contributed by atoms with van der Waals surface area (Å²) in [6.45, 7) is 4.57. The Morgan fingerprint density at radius 3 is 2.35 bits per heavy atom. The van der Waals surface area contributed by atoms with Gasteiger partial charge in [0.05, 0.1) is 5.92 Å². The Hall–Kier alpha value is -2.67. The molecular weight excluding hydrogens is 348 g/mol. The molecule has 0 bridgehead atoms. The molecule has 1 aromatic rings. The van der Waals surface area contributed by atoms with E-state index in [0.29, 0.717) is 18.2 Å². The Morgan fingerprint density at radius 2 is 1.69 bits per heavy atom. The fourth-order valence-corrected chi connectivity index (χ4v) is 2.53. The summed E-state index contributed by atoms with van der Waals surface area (Å²) in [6.07, 6.45) is 7.19. The number of thiocarbonyl (C=S) groups is 1. The largest absolute Gasteiger partial charge is 0.361 e. The van der Waals surface area contributed by atoms with Crippen molar-refractivity contribution in [3.63, 3.8) is 0 Å². The first-order valence-corrected chi connectivity index (χ1v) is 8.91. The Labute approximate surface area is 159 Å². The molecule has 26 heavy (non-hydrogen) atoms. The van der Waals surface area contributed by atoms with Gasteiger partial charge in [0, 0.05) is 18.8 Å². The van der Waals surface area contributed by atoms with Crippen LogP contribution >= 0.6 is 12.2 Å². The number of rotatable bonds is 7. The molecule has 1 atom stereocenters. The number of aryl methyl sites for hydroxylation is 1. The highest BCUT2D eigenvalue weighted by molar-refractivity contribution is 7.80. The lowest BCUT2D eigenvalue weighted by atomic mass is 10.1. The van der Waals surface area contributed by atoms with Crippen molar-refractivity contribution in [2.24, 2.45) is 5.92 Å². The molecule has 0 spiro atoms. The van der Waals surface area contributed by atoms with Crippen LogP contribution in [0.15, 0.2) is 48.6 Å². The standard InChI is InChI=1S/C19H24N4O2S/c1-13-7-9-16(10-8-13)23-19(26)21-12-11-20-17(24)14(2)22-18(25)15-5-3-4-6-15/h3-10,14-15H,11-12H2,1-2H3,(H,20,24)(H,22,25)(H2,21,23,26)/t14-/m0/s1. The van der Waals surface area contributed by atoms with Crippen LogP contribution in [0.25, 0.3) is 0 Å². The maximum atomic E-state index is 12.0. The fourth-order valence-electron chi connectivity index (χ4n) is 2.31. The summed E-state index contributed by atoms with van der Waals surface area (Å²) in [6, 6.07) is 7.30. The van der Waals surface area contributed by atoms with Crippen molar-refractivity contribution in [1.82, 2.24) is 16.0 Å². The zero-order valence-electron chi connectivity index (χ0n) is 14.9. The summed E-state index contributed by atoms with van der Waals surface area (Å²) in [4.78, 5) is 24.0. The van der Waals surface area contributed by atoms with Crippen LogP contribution in [0.2, 0.25) is 0 Å². The minimum absolute atomic E-state index is 0.181. The van der Waals surface area contributed by atoms with E-state index >= 15 is 0 Å². The van der Waals surface area contributed by atoms with Gasteiger partial charge in [-0.15, -0.1) is 0 Å². The third-order valence-corrected chi connectivity index (χ3v) is 4.07. The van der Waals surface area contributed by atoms with Gasteiger partial charge in [0.2, 0.25) is 11.8 Å². The average Bonchev–Trinajstić information content (AvgIpc) is 3.15. The second-order valence-corrected chi connectivity index (χ2v) is 6.47. The van der Waals surface area contributed by atoms with E-state index in [4.69, 9.17) is 12.2 Å². The van der Waals surface area contributed by atoms with Gasteiger partial charge < -0.3 is 21.3 Å². The van der Waals surface area contributed by atoms with Gasteiger partial charge in [-0.3, -0.25) is 9.59 Å². The summed E-state index contributed by atoms with van der Waals surface area (Å²) in [5.74, 6) is -0.708. The van der Waals surface area contributed by atoms with Gasteiger partial charge in [-0.25, -0.2) is 0 Å². The second-order valence-electron chi connectivity index (χ2n) is 6.06. The Kier molecular flexibility index (Phi) is 7.35. The van der Waals surface area contributed by atoms with Crippen molar-refractivity contribution in [2.45, 2.75) is 19.9 Å². The molecule has 1 aromatic carbocycles. The van der Waals surface area contributed by atoms with Gasteiger partial charge in [0.25, 0.3) is 0 Å². The highest BCUT2D eigenvalue weighted by atomic mass is 32.1. The van der Waals surface area contributed by atoms with E-state index < -0.39 is 6.04 Å². The number of hydrogen-bond acceptors (Lipinski definition) is 3. The normalized spacial score (nSPS) is 13.9. The van der Waals surface area contributed by atoms with Gasteiger partial charge in [0.1, 0.15) is 6.04 Å². The van der Waals surface area contributed by atoms with E-state index in [9.17, 15) is 9.59 Å². The molecule has 2 amide bonds. The van der Waals surface area contributed by atoms with Gasteiger partial charge in [0.15, 0.2) is 5.11 Å². The predicted molar refractivity (Wildman–Crippen MR) is 108 cm³/mol. The fraction of sp³-hybridized carbons (Fsp3) is 0.316. The Morgan fingerprint density at radius 1 is 1.08 bits per heavy atom. The third kappa shape index (κ3) is 6.33. The lowest BCUT2D eigenvalue weighted by Gasteiger charge is -2.16. The molecule has 1 aliphatic carbocycles. The molecule has 4 N–H and O–H groups in total. The molecule has 0 fully saturated rings. The van der Waals surface area contributed by atoms with Gasteiger partial charge in [-0.2, -0.15) is 0 Å². The van der Waals surface area contributed by atoms with Crippen LogP contribution in [-0.2, 0) is 9.59 Å². The molecule has 0 saturated heterocycles. The first-order chi connectivity index (χ1) is 12.5. The molecular formula is C19H24N4O2S. The number of hydrogen-bond donors (Lipinski definition) is 4. The zero-order chi connectivity index (χ0) is 18.9. The highest BCUT2D eigenvalue weighted by Crippen LogP contribution is 2.09. The molecule has 2 rings (SSSR count). The van der Waals surface area contributed by atoms with E-state index in [-0.39, 0.29) is 17.7 Å². The molecule has 0 aromatic heterocycles. The summed E-state index contributed by atoms with van der Waals surface area (Å²) in [7, 11) is 0. The minimum atomic E-state index is -0.595. The van der Waals surface area contributed by atoms with E-state index in [2.05, 4.69) is 21.3 Å². The van der Waals surface area contributed by atoms with Crippen LogP contribution in [0.1, 0.15) is 12.5 Å². The van der Waals surface area contributed by atoms with Gasteiger partial charge in [-0.05, 0) is 38.2 Å².